The lowest BCUT2D eigenvalue weighted by atomic mass is 9.85. The van der Waals surface area contributed by atoms with Crippen molar-refractivity contribution in [3.05, 3.63) is 141 Å². The first-order chi connectivity index (χ1) is 20.0. The van der Waals surface area contributed by atoms with E-state index in [9.17, 15) is 14.7 Å². The molecule has 3 N–H and O–H groups in total. The van der Waals surface area contributed by atoms with E-state index in [-0.39, 0.29) is 17.2 Å². The van der Waals surface area contributed by atoms with Crippen molar-refractivity contribution in [1.82, 2.24) is 10.3 Å². The lowest BCUT2D eigenvalue weighted by molar-refractivity contribution is 0.0954. The number of fused-ring (bicyclic) bond motifs is 2. The van der Waals surface area contributed by atoms with Crippen LogP contribution in [0.4, 0.5) is 0 Å². The standard InChI is InChI=1S/C34H28N2O5/c1-40-23-17-15-21(16-18-23)29(30-32(37)26-12-6-8-14-28(26)41-34(30)39)31-25(24-11-5-7-13-27(24)36-31)19-20-35-33(38)22-9-3-2-4-10-22/h2-18,29,36-37H,19-20H2,1H3,(H,35,38). The van der Waals surface area contributed by atoms with Crippen LogP contribution in [0.25, 0.3) is 21.9 Å². The van der Waals surface area contributed by atoms with Crippen LogP contribution in [0.5, 0.6) is 11.5 Å². The van der Waals surface area contributed by atoms with Crippen molar-refractivity contribution in [2.24, 2.45) is 0 Å². The van der Waals surface area contributed by atoms with Crippen molar-refractivity contribution in [3.63, 3.8) is 0 Å². The summed E-state index contributed by atoms with van der Waals surface area (Å²) in [5.41, 5.74) is 3.73. The van der Waals surface area contributed by atoms with Crippen LogP contribution in [-0.4, -0.2) is 29.7 Å². The van der Waals surface area contributed by atoms with E-state index in [1.165, 1.54) is 0 Å². The Balaban J connectivity index is 1.50. The third-order valence-electron chi connectivity index (χ3n) is 7.39. The first-order valence-corrected chi connectivity index (χ1v) is 13.4. The molecule has 1 atom stereocenters. The smallest absolute Gasteiger partial charge is 0.344 e. The number of aromatic hydroxyl groups is 1. The monoisotopic (exact) mass is 544 g/mol. The minimum Gasteiger partial charge on any atom is -0.507 e. The van der Waals surface area contributed by atoms with Crippen LogP contribution < -0.4 is 15.7 Å². The average Bonchev–Trinajstić information content (AvgIpc) is 3.37. The number of hydrogen-bond donors (Lipinski definition) is 3. The predicted octanol–water partition coefficient (Wildman–Crippen LogP) is 6.14. The predicted molar refractivity (Wildman–Crippen MR) is 159 cm³/mol. The zero-order chi connectivity index (χ0) is 28.3. The normalized spacial score (nSPS) is 11.9. The number of benzene rings is 4. The van der Waals surface area contributed by atoms with Crippen LogP contribution in [0, 0.1) is 0 Å². The van der Waals surface area contributed by atoms with Crippen molar-refractivity contribution in [1.29, 1.82) is 0 Å². The maximum Gasteiger partial charge on any atom is 0.344 e. The number of methoxy groups -OCH3 is 1. The first kappa shape index (κ1) is 26.0. The molecule has 0 bridgehead atoms. The lowest BCUT2D eigenvalue weighted by Crippen LogP contribution is -2.26. The van der Waals surface area contributed by atoms with Crippen molar-refractivity contribution in [2.75, 3.05) is 13.7 Å². The second kappa shape index (κ2) is 11.1. The summed E-state index contributed by atoms with van der Waals surface area (Å²) in [7, 11) is 1.59. The number of para-hydroxylation sites is 2. The van der Waals surface area contributed by atoms with Crippen molar-refractivity contribution >= 4 is 27.8 Å². The van der Waals surface area contributed by atoms with Crippen LogP contribution in [0.2, 0.25) is 0 Å². The van der Waals surface area contributed by atoms with Gasteiger partial charge in [-0.3, -0.25) is 4.79 Å². The minimum atomic E-state index is -0.686. The number of aromatic amines is 1. The molecule has 0 saturated heterocycles. The van der Waals surface area contributed by atoms with Gasteiger partial charge in [-0.25, -0.2) is 4.79 Å². The number of aromatic nitrogens is 1. The molecule has 204 valence electrons. The van der Waals surface area contributed by atoms with Gasteiger partial charge in [0.1, 0.15) is 17.1 Å². The molecule has 2 heterocycles. The van der Waals surface area contributed by atoms with E-state index in [4.69, 9.17) is 9.15 Å². The summed E-state index contributed by atoms with van der Waals surface area (Å²) >= 11 is 0. The number of amides is 1. The highest BCUT2D eigenvalue weighted by Gasteiger charge is 2.30. The molecular weight excluding hydrogens is 516 g/mol. The zero-order valence-corrected chi connectivity index (χ0v) is 22.4. The quantitative estimate of drug-likeness (QED) is 0.200. The van der Waals surface area contributed by atoms with Crippen LogP contribution >= 0.6 is 0 Å². The van der Waals surface area contributed by atoms with Gasteiger partial charge in [0.15, 0.2) is 0 Å². The Morgan fingerprint density at radius 2 is 1.59 bits per heavy atom. The summed E-state index contributed by atoms with van der Waals surface area (Å²) in [5, 5.41) is 15.9. The molecule has 4 aromatic carbocycles. The number of hydrogen-bond acceptors (Lipinski definition) is 5. The minimum absolute atomic E-state index is 0.125. The molecule has 7 nitrogen and oxygen atoms in total. The van der Waals surface area contributed by atoms with Gasteiger partial charge in [0, 0.05) is 28.7 Å². The molecule has 1 amide bonds. The summed E-state index contributed by atoms with van der Waals surface area (Å²) in [6.45, 7) is 0.371. The molecule has 7 heteroatoms. The summed E-state index contributed by atoms with van der Waals surface area (Å²) in [4.78, 5) is 29.8. The Hall–Kier alpha value is -5.30. The molecule has 0 radical (unpaired) electrons. The molecule has 0 aliphatic rings. The molecule has 0 saturated carbocycles. The maximum absolute atomic E-state index is 13.5. The van der Waals surface area contributed by atoms with E-state index in [2.05, 4.69) is 10.3 Å². The molecule has 0 aliphatic heterocycles. The number of ether oxygens (including phenoxy) is 1. The Morgan fingerprint density at radius 1 is 0.902 bits per heavy atom. The van der Waals surface area contributed by atoms with Gasteiger partial charge in [0.2, 0.25) is 0 Å². The van der Waals surface area contributed by atoms with E-state index in [0.29, 0.717) is 35.2 Å². The number of H-pyrrole nitrogens is 1. The fourth-order valence-corrected chi connectivity index (χ4v) is 5.41. The molecule has 6 rings (SSSR count). The second-order valence-electron chi connectivity index (χ2n) is 9.79. The topological polar surface area (TPSA) is 105 Å². The fraction of sp³-hybridized carbons (Fsp3) is 0.118. The van der Waals surface area contributed by atoms with Crippen LogP contribution in [-0.2, 0) is 6.42 Å². The van der Waals surface area contributed by atoms with E-state index in [1.807, 2.05) is 66.7 Å². The first-order valence-electron chi connectivity index (χ1n) is 13.4. The van der Waals surface area contributed by atoms with Crippen LogP contribution in [0.3, 0.4) is 0 Å². The Kier molecular flexibility index (Phi) is 7.00. The van der Waals surface area contributed by atoms with Gasteiger partial charge >= 0.3 is 5.63 Å². The Labute approximate surface area is 236 Å². The zero-order valence-electron chi connectivity index (χ0n) is 22.4. The Bertz CT molecular complexity index is 1910. The van der Waals surface area contributed by atoms with Crippen molar-refractivity contribution < 1.29 is 19.1 Å². The Morgan fingerprint density at radius 3 is 2.34 bits per heavy atom. The average molecular weight is 545 g/mol. The molecular formula is C34H28N2O5. The van der Waals surface area contributed by atoms with Gasteiger partial charge in [0.05, 0.1) is 24.0 Å². The van der Waals surface area contributed by atoms with E-state index >= 15 is 0 Å². The highest BCUT2D eigenvalue weighted by molar-refractivity contribution is 5.94. The summed E-state index contributed by atoms with van der Waals surface area (Å²) < 4.78 is 11.1. The largest absolute Gasteiger partial charge is 0.507 e. The van der Waals surface area contributed by atoms with Gasteiger partial charge in [-0.15, -0.1) is 0 Å². The lowest BCUT2D eigenvalue weighted by Gasteiger charge is -2.20. The number of carbonyl (C=O) groups excluding carboxylic acids is 1. The van der Waals surface area contributed by atoms with Crippen LogP contribution in [0.1, 0.15) is 38.7 Å². The molecule has 0 spiro atoms. The second-order valence-corrected chi connectivity index (χ2v) is 9.79. The van der Waals surface area contributed by atoms with E-state index < -0.39 is 11.5 Å². The van der Waals surface area contributed by atoms with Gasteiger partial charge in [-0.1, -0.05) is 60.7 Å². The third-order valence-corrected chi connectivity index (χ3v) is 7.39. The highest BCUT2D eigenvalue weighted by atomic mass is 16.5. The van der Waals surface area contributed by atoms with E-state index in [1.54, 1.807) is 43.5 Å². The van der Waals surface area contributed by atoms with Crippen LogP contribution in [0.15, 0.2) is 112 Å². The third kappa shape index (κ3) is 4.94. The molecule has 1 unspecified atom stereocenters. The van der Waals surface area contributed by atoms with Crippen molar-refractivity contribution in [2.45, 2.75) is 12.3 Å². The summed E-state index contributed by atoms with van der Waals surface area (Å²) in [6.07, 6.45) is 0.490. The van der Waals surface area contributed by atoms with E-state index in [0.717, 1.165) is 27.7 Å². The number of rotatable bonds is 8. The number of carbonyl (C=O) groups is 1. The summed E-state index contributed by atoms with van der Waals surface area (Å²) in [6, 6.07) is 31.3. The molecule has 0 aliphatic carbocycles. The van der Waals surface area contributed by atoms with Crippen molar-refractivity contribution in [3.8, 4) is 11.5 Å². The SMILES string of the molecule is COc1ccc(C(c2[nH]c3ccccc3c2CCNC(=O)c2ccccc2)c2c(O)c3ccccc3oc2=O)cc1. The molecule has 0 fully saturated rings. The molecule has 41 heavy (non-hydrogen) atoms. The van der Waals surface area contributed by atoms with Gasteiger partial charge in [-0.2, -0.15) is 0 Å². The summed E-state index contributed by atoms with van der Waals surface area (Å²) in [5.74, 6) is -0.303. The highest BCUT2D eigenvalue weighted by Crippen LogP contribution is 2.41. The van der Waals surface area contributed by atoms with Gasteiger partial charge in [-0.05, 0) is 60.0 Å². The van der Waals surface area contributed by atoms with Gasteiger partial charge < -0.3 is 24.6 Å². The maximum atomic E-state index is 13.5. The fourth-order valence-electron chi connectivity index (χ4n) is 5.41. The molecule has 2 aromatic heterocycles. The number of nitrogens with one attached hydrogen (secondary N) is 2. The van der Waals surface area contributed by atoms with Gasteiger partial charge in [0.25, 0.3) is 5.91 Å². The molecule has 6 aromatic rings.